The van der Waals surface area contributed by atoms with Crippen LogP contribution in [0.15, 0.2) is 18.2 Å². The van der Waals surface area contributed by atoms with Crippen molar-refractivity contribution in [1.82, 2.24) is 9.80 Å². The molecule has 7 nitrogen and oxygen atoms in total. The first-order valence-corrected chi connectivity index (χ1v) is 11.0. The van der Waals surface area contributed by atoms with Gasteiger partial charge in [0.05, 0.1) is 33.0 Å². The number of methoxy groups -OCH3 is 2. The number of likely N-dealkylation sites (tertiary alicyclic amines) is 2. The smallest absolute Gasteiger partial charge is 0.254 e. The molecular weight excluding hydrogens is 384 g/mol. The van der Waals surface area contributed by atoms with Gasteiger partial charge < -0.3 is 24.2 Å². The minimum atomic E-state index is -0.196. The monoisotopic (exact) mass is 418 g/mol. The normalized spacial score (nSPS) is 26.7. The highest BCUT2D eigenvalue weighted by Gasteiger charge is 2.43. The van der Waals surface area contributed by atoms with Crippen molar-refractivity contribution in [2.24, 2.45) is 5.41 Å². The molecule has 0 radical (unpaired) electrons. The fraction of sp³-hybridized carbons (Fsp3) is 0.696. The third-order valence-corrected chi connectivity index (χ3v) is 6.94. The number of amides is 1. The zero-order valence-corrected chi connectivity index (χ0v) is 18.1. The summed E-state index contributed by atoms with van der Waals surface area (Å²) in [6.45, 7) is 5.00. The predicted octanol–water partition coefficient (Wildman–Crippen LogP) is 2.17. The lowest BCUT2D eigenvalue weighted by Gasteiger charge is -2.38. The Bertz CT molecular complexity index is 725. The van der Waals surface area contributed by atoms with Crippen LogP contribution in [0.25, 0.3) is 0 Å². The van der Waals surface area contributed by atoms with E-state index in [0.717, 1.165) is 71.4 Å². The van der Waals surface area contributed by atoms with Crippen LogP contribution in [0.2, 0.25) is 0 Å². The minimum Gasteiger partial charge on any atom is -0.497 e. The number of aliphatic hydroxyl groups excluding tert-OH is 1. The first-order valence-electron chi connectivity index (χ1n) is 11.0. The molecule has 3 heterocycles. The van der Waals surface area contributed by atoms with E-state index in [1.807, 2.05) is 4.90 Å². The van der Waals surface area contributed by atoms with Gasteiger partial charge in [0.25, 0.3) is 5.91 Å². The van der Waals surface area contributed by atoms with Gasteiger partial charge in [-0.1, -0.05) is 0 Å². The van der Waals surface area contributed by atoms with Crippen molar-refractivity contribution in [1.29, 1.82) is 0 Å². The Balaban J connectivity index is 1.32. The van der Waals surface area contributed by atoms with Crippen molar-refractivity contribution in [3.05, 3.63) is 23.8 Å². The van der Waals surface area contributed by atoms with Crippen molar-refractivity contribution in [2.45, 2.75) is 44.3 Å². The van der Waals surface area contributed by atoms with E-state index < -0.39 is 0 Å². The molecule has 0 unspecified atom stereocenters. The van der Waals surface area contributed by atoms with Gasteiger partial charge in [0.2, 0.25) is 0 Å². The summed E-state index contributed by atoms with van der Waals surface area (Å²) in [6, 6.07) is 5.33. The molecule has 3 saturated heterocycles. The van der Waals surface area contributed by atoms with Gasteiger partial charge in [-0.3, -0.25) is 9.69 Å². The summed E-state index contributed by atoms with van der Waals surface area (Å²) in [4.78, 5) is 17.3. The average Bonchev–Trinajstić information content (AvgIpc) is 3.15. The summed E-state index contributed by atoms with van der Waals surface area (Å²) in [5, 5.41) is 9.90. The van der Waals surface area contributed by atoms with E-state index in [0.29, 0.717) is 17.1 Å². The van der Waals surface area contributed by atoms with E-state index in [1.165, 1.54) is 0 Å². The number of carbonyl (C=O) groups excluding carboxylic acids is 1. The van der Waals surface area contributed by atoms with Crippen LogP contribution in [0, 0.1) is 5.41 Å². The van der Waals surface area contributed by atoms with Crippen molar-refractivity contribution >= 4 is 5.91 Å². The number of rotatable bonds is 5. The summed E-state index contributed by atoms with van der Waals surface area (Å²) >= 11 is 0. The Morgan fingerprint density at radius 2 is 1.87 bits per heavy atom. The largest absolute Gasteiger partial charge is 0.497 e. The van der Waals surface area contributed by atoms with Crippen LogP contribution >= 0.6 is 0 Å². The molecule has 1 spiro atoms. The molecule has 3 aliphatic heterocycles. The van der Waals surface area contributed by atoms with Gasteiger partial charge in [-0.15, -0.1) is 0 Å². The maximum Gasteiger partial charge on any atom is 0.254 e. The topological polar surface area (TPSA) is 71.5 Å². The maximum absolute atomic E-state index is 13.1. The lowest BCUT2D eigenvalue weighted by Crippen LogP contribution is -2.44. The predicted molar refractivity (Wildman–Crippen MR) is 113 cm³/mol. The third kappa shape index (κ3) is 4.74. The van der Waals surface area contributed by atoms with E-state index in [4.69, 9.17) is 14.2 Å². The van der Waals surface area contributed by atoms with Crippen LogP contribution in [-0.2, 0) is 4.74 Å². The molecule has 30 heavy (non-hydrogen) atoms. The van der Waals surface area contributed by atoms with Gasteiger partial charge in [-0.25, -0.2) is 0 Å². The van der Waals surface area contributed by atoms with E-state index in [9.17, 15) is 9.90 Å². The lowest BCUT2D eigenvalue weighted by atomic mass is 9.76. The molecule has 166 valence electrons. The summed E-state index contributed by atoms with van der Waals surface area (Å²) < 4.78 is 16.8. The number of ether oxygens (including phenoxy) is 3. The summed E-state index contributed by atoms with van der Waals surface area (Å²) in [7, 11) is 3.18. The molecule has 1 aromatic rings. The van der Waals surface area contributed by atoms with Crippen LogP contribution < -0.4 is 9.47 Å². The van der Waals surface area contributed by atoms with Crippen molar-refractivity contribution in [3.63, 3.8) is 0 Å². The maximum atomic E-state index is 13.1. The van der Waals surface area contributed by atoms with Gasteiger partial charge in [0.15, 0.2) is 0 Å². The molecule has 3 fully saturated rings. The number of β-amino-alcohol motifs (C(OH)–C–C–N with tert-alkyl or cyclic N) is 1. The Labute approximate surface area is 178 Å². The molecule has 2 atom stereocenters. The van der Waals surface area contributed by atoms with Crippen molar-refractivity contribution in [3.8, 4) is 11.5 Å². The van der Waals surface area contributed by atoms with Crippen LogP contribution in [0.3, 0.4) is 0 Å². The number of benzene rings is 1. The number of piperidine rings is 2. The van der Waals surface area contributed by atoms with Crippen LogP contribution in [0.5, 0.6) is 11.5 Å². The first kappa shape index (κ1) is 21.4. The first-order chi connectivity index (χ1) is 14.5. The van der Waals surface area contributed by atoms with Gasteiger partial charge in [0.1, 0.15) is 11.5 Å². The molecule has 1 N–H and O–H groups in total. The summed E-state index contributed by atoms with van der Waals surface area (Å²) in [5.74, 6) is 1.28. The Morgan fingerprint density at radius 3 is 2.50 bits per heavy atom. The molecule has 0 aromatic heterocycles. The minimum absolute atomic E-state index is 0.0276. The van der Waals surface area contributed by atoms with E-state index in [-0.39, 0.29) is 23.5 Å². The molecule has 1 aromatic carbocycles. The van der Waals surface area contributed by atoms with Gasteiger partial charge in [-0.05, 0) is 56.2 Å². The highest BCUT2D eigenvalue weighted by Crippen LogP contribution is 2.42. The average molecular weight is 419 g/mol. The fourth-order valence-electron chi connectivity index (χ4n) is 5.14. The number of hydrogen-bond acceptors (Lipinski definition) is 6. The standard InChI is InChI=1S/C23H34N2O5/c1-28-19-10-17(11-20(12-19)29-2)22(27)25-8-5-23(6-9-25)13-21(30-16-23)15-24-7-3-4-18(26)14-24/h10-12,18,21,26H,3-9,13-16H2,1-2H3/t18-,21-/m0/s1. The molecule has 0 aliphatic carbocycles. The third-order valence-electron chi connectivity index (χ3n) is 6.94. The van der Waals surface area contributed by atoms with E-state index >= 15 is 0 Å². The number of hydrogen-bond donors (Lipinski definition) is 1. The molecule has 0 bridgehead atoms. The summed E-state index contributed by atoms with van der Waals surface area (Å²) in [5.41, 5.74) is 0.786. The Morgan fingerprint density at radius 1 is 1.17 bits per heavy atom. The van der Waals surface area contributed by atoms with Crippen LogP contribution in [0.4, 0.5) is 0 Å². The lowest BCUT2D eigenvalue weighted by molar-refractivity contribution is 0.0227. The van der Waals surface area contributed by atoms with Crippen molar-refractivity contribution < 1.29 is 24.1 Å². The molecule has 0 saturated carbocycles. The second kappa shape index (κ2) is 9.12. The SMILES string of the molecule is COc1cc(OC)cc(C(=O)N2CCC3(CC2)CO[C@H](CN2CCC[C@H](O)C2)C3)c1. The molecule has 1 amide bonds. The summed E-state index contributed by atoms with van der Waals surface area (Å²) in [6.07, 6.45) is 5.01. The fourth-order valence-corrected chi connectivity index (χ4v) is 5.14. The van der Waals surface area contributed by atoms with Gasteiger partial charge in [-0.2, -0.15) is 0 Å². The van der Waals surface area contributed by atoms with Crippen molar-refractivity contribution in [2.75, 3.05) is 53.6 Å². The molecule has 3 aliphatic rings. The van der Waals surface area contributed by atoms with Gasteiger partial charge >= 0.3 is 0 Å². The highest BCUT2D eigenvalue weighted by molar-refractivity contribution is 5.95. The number of aliphatic hydroxyl groups is 1. The zero-order chi connectivity index (χ0) is 21.1. The molecule has 4 rings (SSSR count). The Kier molecular flexibility index (Phi) is 6.51. The van der Waals surface area contributed by atoms with Crippen LogP contribution in [-0.4, -0.2) is 86.6 Å². The zero-order valence-electron chi connectivity index (χ0n) is 18.1. The van der Waals surface area contributed by atoms with E-state index in [1.54, 1.807) is 32.4 Å². The Hall–Kier alpha value is -1.83. The second-order valence-electron chi connectivity index (χ2n) is 9.09. The molecular formula is C23H34N2O5. The number of carbonyl (C=O) groups is 1. The van der Waals surface area contributed by atoms with Gasteiger partial charge in [0, 0.05) is 37.8 Å². The quantitative estimate of drug-likeness (QED) is 0.790. The highest BCUT2D eigenvalue weighted by atomic mass is 16.5. The second-order valence-corrected chi connectivity index (χ2v) is 9.09. The van der Waals surface area contributed by atoms with E-state index in [2.05, 4.69) is 4.90 Å². The molecule has 7 heteroatoms. The van der Waals surface area contributed by atoms with Crippen LogP contribution in [0.1, 0.15) is 42.5 Å². The number of nitrogens with zero attached hydrogens (tertiary/aromatic N) is 2.